The van der Waals surface area contributed by atoms with Crippen molar-refractivity contribution in [2.24, 2.45) is 0 Å². The van der Waals surface area contributed by atoms with Gasteiger partial charge < -0.3 is 14.4 Å². The van der Waals surface area contributed by atoms with Crippen molar-refractivity contribution in [1.82, 2.24) is 0 Å². The number of ether oxygens (including phenoxy) is 2. The SMILES string of the molecule is CC(=O)N1c2ccccc2C(Oc2ccc(OCc3ccccc3)cc2)CC1C. The van der Waals surface area contributed by atoms with Crippen LogP contribution < -0.4 is 14.4 Å². The first-order chi connectivity index (χ1) is 14.1. The van der Waals surface area contributed by atoms with Gasteiger partial charge >= 0.3 is 0 Å². The molecule has 0 bridgehead atoms. The molecule has 3 aromatic rings. The van der Waals surface area contributed by atoms with E-state index in [1.54, 1.807) is 6.92 Å². The van der Waals surface area contributed by atoms with E-state index in [2.05, 4.69) is 6.92 Å². The monoisotopic (exact) mass is 387 g/mol. The van der Waals surface area contributed by atoms with Crippen LogP contribution in [-0.2, 0) is 11.4 Å². The fourth-order valence-corrected chi connectivity index (χ4v) is 3.87. The standard InChI is InChI=1S/C25H25NO3/c1-18-16-25(23-10-6-7-11-24(23)26(18)19(2)27)29-22-14-12-21(13-15-22)28-17-20-8-4-3-5-9-20/h3-15,18,25H,16-17H2,1-2H3. The second-order valence-corrected chi connectivity index (χ2v) is 7.38. The van der Waals surface area contributed by atoms with Gasteiger partial charge in [-0.25, -0.2) is 0 Å². The number of para-hydroxylation sites is 1. The van der Waals surface area contributed by atoms with Crippen molar-refractivity contribution in [1.29, 1.82) is 0 Å². The van der Waals surface area contributed by atoms with E-state index in [0.29, 0.717) is 6.61 Å². The van der Waals surface area contributed by atoms with E-state index < -0.39 is 0 Å². The molecule has 0 saturated carbocycles. The largest absolute Gasteiger partial charge is 0.489 e. The molecule has 148 valence electrons. The molecule has 4 heteroatoms. The van der Waals surface area contributed by atoms with E-state index in [-0.39, 0.29) is 18.1 Å². The number of rotatable bonds is 5. The fraction of sp³-hybridized carbons (Fsp3) is 0.240. The number of amides is 1. The minimum Gasteiger partial charge on any atom is -0.489 e. The van der Waals surface area contributed by atoms with Gasteiger partial charge in [0, 0.05) is 24.9 Å². The van der Waals surface area contributed by atoms with Gasteiger partial charge in [0.1, 0.15) is 24.2 Å². The second-order valence-electron chi connectivity index (χ2n) is 7.38. The van der Waals surface area contributed by atoms with Gasteiger partial charge in [-0.05, 0) is 42.8 Å². The van der Waals surface area contributed by atoms with Gasteiger partial charge in [0.2, 0.25) is 5.91 Å². The summed E-state index contributed by atoms with van der Waals surface area (Å²) in [6, 6.07) is 25.9. The number of carbonyl (C=O) groups excluding carboxylic acids is 1. The van der Waals surface area contributed by atoms with Gasteiger partial charge in [-0.2, -0.15) is 0 Å². The van der Waals surface area contributed by atoms with E-state index in [1.165, 1.54) is 0 Å². The lowest BCUT2D eigenvalue weighted by Crippen LogP contribution is -2.42. The van der Waals surface area contributed by atoms with Crippen LogP contribution in [0.4, 0.5) is 5.69 Å². The third-order valence-corrected chi connectivity index (χ3v) is 5.23. The van der Waals surface area contributed by atoms with Crippen LogP contribution in [-0.4, -0.2) is 11.9 Å². The van der Waals surface area contributed by atoms with Crippen LogP contribution in [0.1, 0.15) is 37.5 Å². The normalized spacial score (nSPS) is 18.1. The maximum atomic E-state index is 12.1. The Bertz CT molecular complexity index is 969. The fourth-order valence-electron chi connectivity index (χ4n) is 3.87. The molecule has 1 aliphatic heterocycles. The lowest BCUT2D eigenvalue weighted by Gasteiger charge is -2.38. The van der Waals surface area contributed by atoms with Gasteiger partial charge in [-0.1, -0.05) is 48.5 Å². The van der Waals surface area contributed by atoms with Crippen LogP contribution in [0, 0.1) is 0 Å². The highest BCUT2D eigenvalue weighted by Crippen LogP contribution is 2.39. The van der Waals surface area contributed by atoms with E-state index >= 15 is 0 Å². The number of hydrogen-bond acceptors (Lipinski definition) is 3. The zero-order valence-electron chi connectivity index (χ0n) is 16.7. The molecule has 29 heavy (non-hydrogen) atoms. The summed E-state index contributed by atoms with van der Waals surface area (Å²) in [5, 5.41) is 0. The van der Waals surface area contributed by atoms with Crippen molar-refractivity contribution in [3.63, 3.8) is 0 Å². The first-order valence-corrected chi connectivity index (χ1v) is 9.94. The maximum Gasteiger partial charge on any atom is 0.224 e. The molecule has 1 aliphatic rings. The first kappa shape index (κ1) is 19.1. The summed E-state index contributed by atoms with van der Waals surface area (Å²) < 4.78 is 12.2. The summed E-state index contributed by atoms with van der Waals surface area (Å²) >= 11 is 0. The molecule has 0 N–H and O–H groups in total. The predicted octanol–water partition coefficient (Wildman–Crippen LogP) is 5.53. The van der Waals surface area contributed by atoms with Crippen molar-refractivity contribution in [2.45, 2.75) is 39.0 Å². The Hall–Kier alpha value is -3.27. The van der Waals surface area contributed by atoms with Crippen molar-refractivity contribution < 1.29 is 14.3 Å². The van der Waals surface area contributed by atoms with E-state index in [0.717, 1.165) is 34.7 Å². The molecule has 2 atom stereocenters. The molecule has 0 aromatic heterocycles. The van der Waals surface area contributed by atoms with Crippen LogP contribution >= 0.6 is 0 Å². The number of hydrogen-bond donors (Lipinski definition) is 0. The molecular weight excluding hydrogens is 362 g/mol. The summed E-state index contributed by atoms with van der Waals surface area (Å²) in [7, 11) is 0. The molecule has 0 saturated heterocycles. The lowest BCUT2D eigenvalue weighted by molar-refractivity contribution is -0.117. The number of anilines is 1. The van der Waals surface area contributed by atoms with Gasteiger partial charge in [0.25, 0.3) is 0 Å². The van der Waals surface area contributed by atoms with Crippen molar-refractivity contribution >= 4 is 11.6 Å². The summed E-state index contributed by atoms with van der Waals surface area (Å²) in [6.45, 7) is 4.21. The molecule has 1 amide bonds. The van der Waals surface area contributed by atoms with Crippen LogP contribution in [0.3, 0.4) is 0 Å². The highest BCUT2D eigenvalue weighted by atomic mass is 16.5. The highest BCUT2D eigenvalue weighted by Gasteiger charge is 2.33. The summed E-state index contributed by atoms with van der Waals surface area (Å²) in [6.07, 6.45) is 0.663. The Morgan fingerprint density at radius 2 is 1.59 bits per heavy atom. The Morgan fingerprint density at radius 3 is 2.31 bits per heavy atom. The molecule has 0 radical (unpaired) electrons. The first-order valence-electron chi connectivity index (χ1n) is 9.94. The zero-order chi connectivity index (χ0) is 20.2. The summed E-state index contributed by atoms with van der Waals surface area (Å²) in [4.78, 5) is 14.0. The van der Waals surface area contributed by atoms with Crippen molar-refractivity contribution in [3.05, 3.63) is 90.0 Å². The number of carbonyl (C=O) groups is 1. The van der Waals surface area contributed by atoms with Gasteiger partial charge in [0.15, 0.2) is 0 Å². The van der Waals surface area contributed by atoms with Gasteiger partial charge in [-0.3, -0.25) is 4.79 Å². The maximum absolute atomic E-state index is 12.1. The molecule has 4 nitrogen and oxygen atoms in total. The molecular formula is C25H25NO3. The molecule has 0 fully saturated rings. The third kappa shape index (κ3) is 4.27. The molecule has 2 unspecified atom stereocenters. The lowest BCUT2D eigenvalue weighted by atomic mass is 9.93. The molecule has 4 rings (SSSR count). The topological polar surface area (TPSA) is 38.8 Å². The average Bonchev–Trinajstić information content (AvgIpc) is 2.74. The molecule has 0 spiro atoms. The number of nitrogens with zero attached hydrogens (tertiary/aromatic N) is 1. The zero-order valence-corrected chi connectivity index (χ0v) is 16.7. The van der Waals surface area contributed by atoms with Crippen LogP contribution in [0.5, 0.6) is 11.5 Å². The minimum atomic E-state index is -0.0899. The van der Waals surface area contributed by atoms with Crippen LogP contribution in [0.25, 0.3) is 0 Å². The molecule has 0 aliphatic carbocycles. The van der Waals surface area contributed by atoms with E-state index in [4.69, 9.17) is 9.47 Å². The Balaban J connectivity index is 1.46. The summed E-state index contributed by atoms with van der Waals surface area (Å²) in [5.74, 6) is 1.66. The number of benzene rings is 3. The Kier molecular flexibility index (Phi) is 5.52. The second kappa shape index (κ2) is 8.39. The third-order valence-electron chi connectivity index (χ3n) is 5.23. The van der Waals surface area contributed by atoms with E-state index in [1.807, 2.05) is 83.8 Å². The molecule has 3 aromatic carbocycles. The van der Waals surface area contributed by atoms with Gasteiger partial charge in [0.05, 0.1) is 5.69 Å². The molecule has 1 heterocycles. The predicted molar refractivity (Wildman–Crippen MR) is 114 cm³/mol. The average molecular weight is 387 g/mol. The quantitative estimate of drug-likeness (QED) is 0.578. The Labute approximate surface area is 171 Å². The summed E-state index contributed by atoms with van der Waals surface area (Å²) in [5.41, 5.74) is 3.12. The van der Waals surface area contributed by atoms with Gasteiger partial charge in [-0.15, -0.1) is 0 Å². The van der Waals surface area contributed by atoms with Crippen molar-refractivity contribution in [2.75, 3.05) is 4.90 Å². The van der Waals surface area contributed by atoms with Crippen molar-refractivity contribution in [3.8, 4) is 11.5 Å². The Morgan fingerprint density at radius 1 is 0.931 bits per heavy atom. The smallest absolute Gasteiger partial charge is 0.224 e. The number of fused-ring (bicyclic) bond motifs is 1. The van der Waals surface area contributed by atoms with Crippen LogP contribution in [0.2, 0.25) is 0 Å². The van der Waals surface area contributed by atoms with Crippen LogP contribution in [0.15, 0.2) is 78.9 Å². The minimum absolute atomic E-state index is 0.0586. The highest BCUT2D eigenvalue weighted by molar-refractivity contribution is 5.93. The van der Waals surface area contributed by atoms with E-state index in [9.17, 15) is 4.79 Å².